The molecule has 20 nitrogen and oxygen atoms in total. The van der Waals surface area contributed by atoms with Gasteiger partial charge in [-0.1, -0.05) is 135 Å². The highest BCUT2D eigenvalue weighted by Crippen LogP contribution is 2.57. The van der Waals surface area contributed by atoms with Crippen LogP contribution in [0.4, 0.5) is 22.7 Å². The fourth-order valence-electron chi connectivity index (χ4n) is 14.4. The third-order valence-electron chi connectivity index (χ3n) is 18.9. The molecule has 8 aromatic rings. The SMILES string of the molecule is CC.CC.CC.CC.CC[C@]1(c2cc3c(cc2C)OCO3)C(=O)N(C)c2ccccc21.CN1C(=O)[C@@]2(COc3cc4c(cc32)OCO4)c2ccccc21.CN1C(=O)[C@](CO)(c2cc3c(cc2O)OCO3)c2ccccc21.O=C1Nc2ccccc2[C@]12COc1cc3c(cc12)OCO3. The number of aliphatic hydroxyl groups is 1. The van der Waals surface area contributed by atoms with Crippen molar-refractivity contribution in [2.45, 2.75) is 97.3 Å². The van der Waals surface area contributed by atoms with Crippen LogP contribution in [0.25, 0.3) is 0 Å². The molecule has 0 radical (unpaired) electrons. The molecule has 4 atom stereocenters. The first-order chi connectivity index (χ1) is 47.2. The third-order valence-corrected chi connectivity index (χ3v) is 18.9. The van der Waals surface area contributed by atoms with E-state index in [9.17, 15) is 29.4 Å². The zero-order chi connectivity index (χ0) is 69.3. The van der Waals surface area contributed by atoms with E-state index in [0.717, 1.165) is 67.5 Å². The molecule has 8 aromatic carbocycles. The van der Waals surface area contributed by atoms with Crippen molar-refractivity contribution in [1.82, 2.24) is 0 Å². The Balaban J connectivity index is 0.000000127. The third kappa shape index (κ3) is 10.4. The summed E-state index contributed by atoms with van der Waals surface area (Å²) in [5.41, 5.74) is 7.63. The molecule has 506 valence electrons. The van der Waals surface area contributed by atoms with E-state index in [-0.39, 0.29) is 56.5 Å². The van der Waals surface area contributed by atoms with Gasteiger partial charge in [0.15, 0.2) is 46.0 Å². The van der Waals surface area contributed by atoms with Gasteiger partial charge < -0.3 is 77.6 Å². The van der Waals surface area contributed by atoms with Gasteiger partial charge >= 0.3 is 0 Å². The molecular weight excluding hydrogens is 1240 g/mol. The molecule has 4 amide bonds. The molecule has 97 heavy (non-hydrogen) atoms. The molecule has 18 rings (SSSR count). The molecule has 0 saturated carbocycles. The molecule has 10 aliphatic rings. The lowest BCUT2D eigenvalue weighted by atomic mass is 9.71. The summed E-state index contributed by atoms with van der Waals surface area (Å²) >= 11 is 0. The Hall–Kier alpha value is -10.6. The number of aryl methyl sites for hydroxylation is 1. The number of likely N-dealkylation sites (N-methyl/N-ethyl adjacent to an activating group) is 3. The van der Waals surface area contributed by atoms with Crippen molar-refractivity contribution >= 4 is 46.4 Å². The van der Waals surface area contributed by atoms with Gasteiger partial charge in [0.05, 0.1) is 6.61 Å². The minimum atomic E-state index is -1.35. The van der Waals surface area contributed by atoms with Crippen LogP contribution < -0.4 is 67.4 Å². The quantitative estimate of drug-likeness (QED) is 0.149. The van der Waals surface area contributed by atoms with E-state index in [0.29, 0.717) is 82.4 Å². The molecule has 0 aliphatic carbocycles. The number of carbonyl (C=O) groups excluding carboxylic acids is 4. The lowest BCUT2D eigenvalue weighted by Crippen LogP contribution is -2.42. The van der Waals surface area contributed by atoms with Crippen LogP contribution in [0.3, 0.4) is 0 Å². The molecule has 0 unspecified atom stereocenters. The highest BCUT2D eigenvalue weighted by Gasteiger charge is 2.58. The van der Waals surface area contributed by atoms with Crippen LogP contribution in [-0.4, -0.2) is 102 Å². The molecule has 0 aromatic heterocycles. The van der Waals surface area contributed by atoms with E-state index in [2.05, 4.69) is 18.3 Å². The Morgan fingerprint density at radius 1 is 0.392 bits per heavy atom. The van der Waals surface area contributed by atoms with E-state index < -0.39 is 28.3 Å². The summed E-state index contributed by atoms with van der Waals surface area (Å²) in [6.45, 7) is 21.0. The summed E-state index contributed by atoms with van der Waals surface area (Å²) in [7, 11) is 5.31. The van der Waals surface area contributed by atoms with Crippen LogP contribution in [0.15, 0.2) is 146 Å². The maximum absolute atomic E-state index is 13.2. The highest BCUT2D eigenvalue weighted by atomic mass is 16.7. The molecule has 10 heterocycles. The van der Waals surface area contributed by atoms with Gasteiger partial charge in [-0.15, -0.1) is 0 Å². The monoisotopic (exact) mass is 1320 g/mol. The normalized spacial score (nSPS) is 21.0. The number of phenolic OH excluding ortho intramolecular Hbond substituents is 1. The van der Waals surface area contributed by atoms with Crippen LogP contribution in [0.1, 0.15) is 119 Å². The van der Waals surface area contributed by atoms with Crippen molar-refractivity contribution in [3.63, 3.8) is 0 Å². The topological polar surface area (TPSA) is 223 Å². The molecule has 0 bridgehead atoms. The first-order valence-electron chi connectivity index (χ1n) is 33.0. The number of aromatic hydroxyl groups is 1. The van der Waals surface area contributed by atoms with Crippen molar-refractivity contribution in [3.05, 3.63) is 196 Å². The molecule has 3 N–H and O–H groups in total. The number of hydrogen-bond acceptors (Lipinski definition) is 16. The predicted octanol–water partition coefficient (Wildman–Crippen LogP) is 13.0. The first-order valence-corrected chi connectivity index (χ1v) is 33.0. The molecule has 0 fully saturated rings. The van der Waals surface area contributed by atoms with Crippen molar-refractivity contribution < 1.29 is 76.8 Å². The van der Waals surface area contributed by atoms with Crippen molar-refractivity contribution in [2.24, 2.45) is 0 Å². The van der Waals surface area contributed by atoms with Gasteiger partial charge in [-0.25, -0.2) is 0 Å². The zero-order valence-electron chi connectivity index (χ0n) is 57.0. The maximum atomic E-state index is 13.2. The number of aliphatic hydroxyl groups excluding tert-OH is 1. The Morgan fingerprint density at radius 3 is 1.25 bits per heavy atom. The number of nitrogens with zero attached hydrogens (tertiary/aromatic N) is 3. The van der Waals surface area contributed by atoms with Gasteiger partial charge in [-0.3, -0.25) is 19.2 Å². The second kappa shape index (κ2) is 27.3. The van der Waals surface area contributed by atoms with Gasteiger partial charge in [0.1, 0.15) is 52.1 Å². The average molecular weight is 1320 g/mol. The van der Waals surface area contributed by atoms with Crippen LogP contribution in [0.2, 0.25) is 0 Å². The predicted molar refractivity (Wildman–Crippen MR) is 368 cm³/mol. The van der Waals surface area contributed by atoms with Crippen LogP contribution in [0, 0.1) is 6.92 Å². The number of hydrogen-bond donors (Lipinski definition) is 3. The minimum absolute atomic E-state index is 0.0336. The smallest absolute Gasteiger partial charge is 0.245 e. The second-order valence-corrected chi connectivity index (χ2v) is 23.0. The summed E-state index contributed by atoms with van der Waals surface area (Å²) < 4.78 is 54.9. The van der Waals surface area contributed by atoms with Gasteiger partial charge in [-0.2, -0.15) is 0 Å². The maximum Gasteiger partial charge on any atom is 0.245 e. The number of benzene rings is 8. The van der Waals surface area contributed by atoms with E-state index in [4.69, 9.17) is 47.4 Å². The van der Waals surface area contributed by atoms with Gasteiger partial charge in [0, 0.05) is 78.8 Å². The second-order valence-electron chi connectivity index (χ2n) is 23.0. The fourth-order valence-corrected chi connectivity index (χ4v) is 14.4. The number of fused-ring (bicyclic) bond motifs is 14. The molecule has 2 spiro atoms. The largest absolute Gasteiger partial charge is 0.507 e. The van der Waals surface area contributed by atoms with E-state index in [1.807, 2.05) is 179 Å². The lowest BCUT2D eigenvalue weighted by molar-refractivity contribution is -0.123. The van der Waals surface area contributed by atoms with E-state index >= 15 is 0 Å². The summed E-state index contributed by atoms with van der Waals surface area (Å²) in [6, 6.07) is 45.2. The number of para-hydroxylation sites is 4. The Kier molecular flexibility index (Phi) is 19.1. The molecular formula is C77H82N4O16. The number of carbonyl (C=O) groups is 4. The fraction of sp³-hybridized carbons (Fsp3) is 0.325. The van der Waals surface area contributed by atoms with Crippen molar-refractivity contribution in [3.8, 4) is 63.2 Å². The van der Waals surface area contributed by atoms with Gasteiger partial charge in [-0.05, 0) is 101 Å². The van der Waals surface area contributed by atoms with Crippen LogP contribution in [-0.2, 0) is 40.8 Å². The summed E-state index contributed by atoms with van der Waals surface area (Å²) in [5.74, 6) is 6.08. The van der Waals surface area contributed by atoms with Gasteiger partial charge in [0.25, 0.3) is 0 Å². The highest BCUT2D eigenvalue weighted by molar-refractivity contribution is 6.13. The van der Waals surface area contributed by atoms with Crippen molar-refractivity contribution in [2.75, 3.05) is 88.2 Å². The number of rotatable bonds is 4. The summed E-state index contributed by atoms with van der Waals surface area (Å²) in [5, 5.41) is 23.5. The molecule has 10 aliphatic heterocycles. The number of anilines is 4. The molecule has 20 heteroatoms. The van der Waals surface area contributed by atoms with Gasteiger partial charge in [0.2, 0.25) is 50.8 Å². The minimum Gasteiger partial charge on any atom is -0.507 e. The first kappa shape index (κ1) is 67.8. The summed E-state index contributed by atoms with van der Waals surface area (Å²) in [4.78, 5) is 56.8. The standard InChI is InChI=1S/C19H19NO3.C17H15NO5.C17H13NO4.C16H11NO4.4C2H6/c1-4-19(13-7-5-6-8-15(13)20(3)18(19)21)14-10-17-16(9-12(14)2)22-11-23-17;1-18-12-5-3-2-4-10(12)17(8-19,16(18)21)11-6-14-15(7-13(11)20)23-9-22-14;1-18-12-5-3-2-4-10(12)17(16(18)19)8-20-13-7-15-14(6-11(13)17)21-9-22-15;18-15-16(9-3-1-2-4-11(9)17-15)7-19-12-6-14-13(5-10(12)16)20-8-21-14;4*1-2/h5-10H,4,11H2,1-3H3;2-7,19-20H,8-9H2,1H3;2-7H,8-9H2,1H3;1-6H,7-8H2,(H,17,18);4*1-2H3/t19-;2*17-;16-;;;;/m0000..../s1. The van der Waals surface area contributed by atoms with E-state index in [1.54, 1.807) is 48.2 Å². The summed E-state index contributed by atoms with van der Waals surface area (Å²) in [6.07, 6.45) is 0.702. The van der Waals surface area contributed by atoms with Crippen LogP contribution >= 0.6 is 0 Å². The lowest BCUT2D eigenvalue weighted by Gasteiger charge is -2.29. The number of ether oxygens (including phenoxy) is 10. The average Bonchev–Trinajstić information content (AvgIpc) is 1.55. The Bertz CT molecular complexity index is 4230. The zero-order valence-corrected chi connectivity index (χ0v) is 57.0. The number of amides is 4. The number of phenols is 1. The van der Waals surface area contributed by atoms with Crippen molar-refractivity contribution in [1.29, 1.82) is 0 Å². The van der Waals surface area contributed by atoms with Crippen LogP contribution in [0.5, 0.6) is 63.2 Å². The molecule has 0 saturated heterocycles. The Labute approximate surface area is 565 Å². The number of nitrogens with one attached hydrogen (secondary N) is 1. The Morgan fingerprint density at radius 2 is 0.753 bits per heavy atom. The van der Waals surface area contributed by atoms with E-state index in [1.165, 1.54) is 11.0 Å².